The highest BCUT2D eigenvalue weighted by atomic mass is 28.4. The number of rotatable bonds is 3. The third-order valence-electron chi connectivity index (χ3n) is 4.94. The summed E-state index contributed by atoms with van der Waals surface area (Å²) in [5.41, 5.74) is 1.000. The maximum Gasteiger partial charge on any atom is 0.250 e. The van der Waals surface area contributed by atoms with Crippen LogP contribution < -0.4 is 5.06 Å². The van der Waals surface area contributed by atoms with Gasteiger partial charge in [-0.25, -0.2) is 10.0 Å². The van der Waals surface area contributed by atoms with Gasteiger partial charge >= 0.3 is 0 Å². The van der Waals surface area contributed by atoms with Gasteiger partial charge in [-0.2, -0.15) is 0 Å². The molecule has 2 atom stereocenters. The zero-order valence-corrected chi connectivity index (χ0v) is 15.4. The fourth-order valence-corrected chi connectivity index (χ4v) is 3.72. The smallest absolute Gasteiger partial charge is 0.250 e. The first-order valence-electron chi connectivity index (χ1n) is 7.98. The first kappa shape index (κ1) is 15.6. The zero-order chi connectivity index (χ0) is 16.1. The second kappa shape index (κ2) is 5.10. The van der Waals surface area contributed by atoms with Gasteiger partial charge < -0.3 is 4.43 Å². The van der Waals surface area contributed by atoms with E-state index in [4.69, 9.17) is 9.26 Å². The van der Waals surface area contributed by atoms with E-state index in [1.54, 1.807) is 0 Å². The molecule has 22 heavy (non-hydrogen) atoms. The second-order valence-electron chi connectivity index (χ2n) is 7.79. The Kier molecular flexibility index (Phi) is 3.60. The van der Waals surface area contributed by atoms with E-state index in [-0.39, 0.29) is 17.2 Å². The Morgan fingerprint density at radius 2 is 2.05 bits per heavy atom. The maximum atomic E-state index is 6.53. The van der Waals surface area contributed by atoms with Crippen molar-refractivity contribution in [3.63, 3.8) is 0 Å². The fourth-order valence-electron chi connectivity index (χ4n) is 2.62. The van der Waals surface area contributed by atoms with E-state index < -0.39 is 8.32 Å². The largest absolute Gasteiger partial charge is 0.545 e. The molecule has 120 valence electrons. The van der Waals surface area contributed by atoms with Gasteiger partial charge in [-0.05, 0) is 43.3 Å². The molecule has 3 rings (SSSR count). The summed E-state index contributed by atoms with van der Waals surface area (Å²) in [5.74, 6) is 1.95. The molecule has 1 fully saturated rings. The minimum absolute atomic E-state index is 0.118. The molecular formula is C17H26N2O2Si. The van der Waals surface area contributed by atoms with Crippen molar-refractivity contribution < 1.29 is 9.26 Å². The Morgan fingerprint density at radius 3 is 2.64 bits per heavy atom. The Labute approximate surface area is 134 Å². The van der Waals surface area contributed by atoms with Crippen LogP contribution in [0.3, 0.4) is 0 Å². The predicted molar refractivity (Wildman–Crippen MR) is 91.1 cm³/mol. The van der Waals surface area contributed by atoms with Crippen LogP contribution in [0.25, 0.3) is 0 Å². The highest BCUT2D eigenvalue weighted by Crippen LogP contribution is 2.43. The molecule has 2 unspecified atom stereocenters. The van der Waals surface area contributed by atoms with Crippen molar-refractivity contribution in [1.82, 2.24) is 4.98 Å². The second-order valence-corrected chi connectivity index (χ2v) is 12.5. The molecule has 1 aliphatic carbocycles. The number of hydrogen-bond donors (Lipinski definition) is 0. The zero-order valence-electron chi connectivity index (χ0n) is 14.4. The Morgan fingerprint density at radius 1 is 1.32 bits per heavy atom. The molecule has 2 heterocycles. The van der Waals surface area contributed by atoms with Gasteiger partial charge in [-0.15, -0.1) is 0 Å². The number of nitrogens with zero attached hydrogens (tertiary/aromatic N) is 2. The molecule has 2 aliphatic rings. The van der Waals surface area contributed by atoms with Crippen LogP contribution >= 0.6 is 0 Å². The van der Waals surface area contributed by atoms with Crippen LogP contribution in [0.4, 0.5) is 5.82 Å². The van der Waals surface area contributed by atoms with Gasteiger partial charge in [0, 0.05) is 12.1 Å². The fraction of sp³-hybridized carbons (Fsp3) is 0.588. The number of aryl methyl sites for hydroxylation is 1. The normalized spacial score (nSPS) is 24.6. The van der Waals surface area contributed by atoms with Crippen LogP contribution in [0.15, 0.2) is 30.0 Å². The monoisotopic (exact) mass is 318 g/mol. The molecule has 0 amide bonds. The topological polar surface area (TPSA) is 34.6 Å². The number of hydroxylamine groups is 1. The van der Waals surface area contributed by atoms with Gasteiger partial charge in [-0.3, -0.25) is 4.84 Å². The van der Waals surface area contributed by atoms with Gasteiger partial charge in [0.25, 0.3) is 0 Å². The molecule has 2 bridgehead atoms. The molecule has 1 aromatic heterocycles. The summed E-state index contributed by atoms with van der Waals surface area (Å²) in [4.78, 5) is 10.5. The van der Waals surface area contributed by atoms with Crippen molar-refractivity contribution in [2.24, 2.45) is 0 Å². The third kappa shape index (κ3) is 2.68. The van der Waals surface area contributed by atoms with Crippen molar-refractivity contribution in [2.75, 3.05) is 5.06 Å². The molecule has 4 nitrogen and oxygen atoms in total. The van der Waals surface area contributed by atoms with E-state index in [9.17, 15) is 0 Å². The lowest BCUT2D eigenvalue weighted by Crippen LogP contribution is -2.44. The standard InChI is InChI=1S/C17H26N2O2Si/c1-12-8-7-9-16(18-12)19-14-10-13(20-19)11-15(14)21-22(5,6)17(2,3)4/h7-9,11,13-14H,10H2,1-6H3. The summed E-state index contributed by atoms with van der Waals surface area (Å²) in [7, 11) is -1.82. The summed E-state index contributed by atoms with van der Waals surface area (Å²) in [6, 6.07) is 6.18. The predicted octanol–water partition coefficient (Wildman–Crippen LogP) is 4.19. The first-order chi connectivity index (χ1) is 10.2. The number of hydrogen-bond acceptors (Lipinski definition) is 4. The van der Waals surface area contributed by atoms with Crippen LogP contribution in [0, 0.1) is 6.92 Å². The van der Waals surface area contributed by atoms with E-state index in [0.717, 1.165) is 23.7 Å². The summed E-state index contributed by atoms with van der Waals surface area (Å²) in [6.07, 6.45) is 3.23. The van der Waals surface area contributed by atoms with Gasteiger partial charge in [0.05, 0.1) is 0 Å². The van der Waals surface area contributed by atoms with E-state index >= 15 is 0 Å². The molecule has 0 aromatic carbocycles. The number of pyridine rings is 1. The molecule has 1 saturated heterocycles. The highest BCUT2D eigenvalue weighted by molar-refractivity contribution is 6.74. The molecule has 0 radical (unpaired) electrons. The SMILES string of the molecule is Cc1cccc(N2OC3C=C(O[Si](C)(C)C(C)(C)C)C2C3)n1. The molecule has 1 aliphatic heterocycles. The van der Waals surface area contributed by atoms with E-state index in [1.807, 2.05) is 30.2 Å². The molecule has 0 saturated carbocycles. The highest BCUT2D eigenvalue weighted by Gasteiger charge is 2.47. The Bertz CT molecular complexity index is 607. The molecule has 0 spiro atoms. The summed E-state index contributed by atoms with van der Waals surface area (Å²) in [6.45, 7) is 13.4. The van der Waals surface area contributed by atoms with Gasteiger partial charge in [0.15, 0.2) is 5.82 Å². The van der Waals surface area contributed by atoms with Crippen molar-refractivity contribution in [3.05, 3.63) is 35.7 Å². The van der Waals surface area contributed by atoms with E-state index in [1.165, 1.54) is 0 Å². The quantitative estimate of drug-likeness (QED) is 0.783. The summed E-state index contributed by atoms with van der Waals surface area (Å²) < 4.78 is 6.53. The molecule has 5 heteroatoms. The van der Waals surface area contributed by atoms with Crippen LogP contribution in [0.5, 0.6) is 0 Å². The van der Waals surface area contributed by atoms with Gasteiger partial charge in [-0.1, -0.05) is 26.8 Å². The maximum absolute atomic E-state index is 6.53. The number of aromatic nitrogens is 1. The lowest BCUT2D eigenvalue weighted by molar-refractivity contribution is 0.0980. The Balaban J connectivity index is 1.81. The summed E-state index contributed by atoms with van der Waals surface area (Å²) >= 11 is 0. The van der Waals surface area contributed by atoms with Crippen LogP contribution in [-0.4, -0.2) is 25.4 Å². The van der Waals surface area contributed by atoms with Crippen LogP contribution in [0.2, 0.25) is 18.1 Å². The molecule has 1 aromatic rings. The van der Waals surface area contributed by atoms with Crippen molar-refractivity contribution in [1.29, 1.82) is 0 Å². The van der Waals surface area contributed by atoms with Crippen LogP contribution in [-0.2, 0) is 9.26 Å². The van der Waals surface area contributed by atoms with E-state index in [2.05, 4.69) is 44.9 Å². The minimum atomic E-state index is -1.82. The van der Waals surface area contributed by atoms with Crippen LogP contribution in [0.1, 0.15) is 32.9 Å². The van der Waals surface area contributed by atoms with Gasteiger partial charge in [0.2, 0.25) is 8.32 Å². The lowest BCUT2D eigenvalue weighted by Gasteiger charge is -2.39. The number of anilines is 1. The lowest BCUT2D eigenvalue weighted by atomic mass is 10.2. The minimum Gasteiger partial charge on any atom is -0.545 e. The third-order valence-corrected chi connectivity index (χ3v) is 9.30. The van der Waals surface area contributed by atoms with E-state index in [0.29, 0.717) is 0 Å². The number of fused-ring (bicyclic) bond motifs is 2. The average molecular weight is 318 g/mol. The van der Waals surface area contributed by atoms with Crippen molar-refractivity contribution in [2.45, 2.75) is 64.4 Å². The van der Waals surface area contributed by atoms with Crippen molar-refractivity contribution >= 4 is 14.1 Å². The molecule has 0 N–H and O–H groups in total. The molecular weight excluding hydrogens is 292 g/mol. The van der Waals surface area contributed by atoms with Gasteiger partial charge in [0.1, 0.15) is 17.9 Å². The van der Waals surface area contributed by atoms with Crippen molar-refractivity contribution in [3.8, 4) is 0 Å². The first-order valence-corrected chi connectivity index (χ1v) is 10.9. The Hall–Kier alpha value is -1.33. The average Bonchev–Trinajstić information content (AvgIpc) is 2.96. The summed E-state index contributed by atoms with van der Waals surface area (Å²) in [5, 5.41) is 2.13.